The molecule has 1 atom stereocenters. The quantitative estimate of drug-likeness (QED) is 0.223. The van der Waals surface area contributed by atoms with Crippen LogP contribution in [0, 0.1) is 12.8 Å². The molecule has 8 nitrogen and oxygen atoms in total. The topological polar surface area (TPSA) is 97.7 Å². The number of amides is 2. The predicted octanol–water partition coefficient (Wildman–Crippen LogP) is 6.34. The van der Waals surface area contributed by atoms with Crippen molar-refractivity contribution in [3.05, 3.63) is 106 Å². The molecule has 1 fully saturated rings. The number of halogens is 1. The fraction of sp³-hybridized carbons (Fsp3) is 0.333. The number of piperidine rings is 1. The van der Waals surface area contributed by atoms with Crippen molar-refractivity contribution in [2.75, 3.05) is 18.8 Å². The van der Waals surface area contributed by atoms with E-state index in [0.29, 0.717) is 42.0 Å². The third-order valence-electron chi connectivity index (χ3n) is 7.88. The highest BCUT2D eigenvalue weighted by Crippen LogP contribution is 2.32. The van der Waals surface area contributed by atoms with E-state index in [1.807, 2.05) is 72.2 Å². The van der Waals surface area contributed by atoms with Crippen molar-refractivity contribution in [3.63, 3.8) is 0 Å². The maximum Gasteiger partial charge on any atom is 0.410 e. The van der Waals surface area contributed by atoms with Gasteiger partial charge in [-0.1, -0.05) is 84.4 Å². The Labute approximate surface area is 257 Å². The lowest BCUT2D eigenvalue weighted by Gasteiger charge is -2.31. The second kappa shape index (κ2) is 13.7. The lowest BCUT2D eigenvalue weighted by Crippen LogP contribution is -2.44. The number of carbonyl (C=O) groups excluding carboxylic acids is 2. The van der Waals surface area contributed by atoms with Crippen molar-refractivity contribution in [1.82, 2.24) is 14.2 Å². The SMILES string of the molecule is Cc1c(C(=O)NS(=O)(=O)C[C@@H]2CCCN(C(=O)OCc3ccccc3)C2)n(CCCc2ccccc2)c2c(Cl)cccc12. The average molecular weight is 622 g/mol. The molecule has 0 spiro atoms. The highest BCUT2D eigenvalue weighted by atomic mass is 35.5. The molecular weight excluding hydrogens is 586 g/mol. The molecule has 1 aliphatic heterocycles. The van der Waals surface area contributed by atoms with Gasteiger partial charge < -0.3 is 14.2 Å². The largest absolute Gasteiger partial charge is 0.445 e. The van der Waals surface area contributed by atoms with E-state index in [0.717, 1.165) is 23.8 Å². The summed E-state index contributed by atoms with van der Waals surface area (Å²) in [7, 11) is -4.00. The first-order valence-corrected chi connectivity index (χ1v) is 16.6. The lowest BCUT2D eigenvalue weighted by molar-refractivity contribution is 0.0811. The van der Waals surface area contributed by atoms with Gasteiger partial charge in [-0.2, -0.15) is 0 Å². The summed E-state index contributed by atoms with van der Waals surface area (Å²) < 4.78 is 36.1. The van der Waals surface area contributed by atoms with Gasteiger partial charge in [0.05, 0.1) is 16.3 Å². The van der Waals surface area contributed by atoms with E-state index < -0.39 is 22.0 Å². The van der Waals surface area contributed by atoms with E-state index in [1.165, 1.54) is 5.56 Å². The fourth-order valence-electron chi connectivity index (χ4n) is 5.86. The minimum Gasteiger partial charge on any atom is -0.445 e. The van der Waals surface area contributed by atoms with E-state index in [-0.39, 0.29) is 30.5 Å². The molecule has 1 aliphatic rings. The summed E-state index contributed by atoms with van der Waals surface area (Å²) in [6.07, 6.45) is 2.36. The number of hydrogen-bond donors (Lipinski definition) is 1. The number of rotatable bonds is 10. The van der Waals surface area contributed by atoms with Crippen LogP contribution in [0.2, 0.25) is 5.02 Å². The standard InChI is InChI=1S/C33H36ClN3O5S/c1-24-28-17-8-18-29(34)31(28)37(20-10-15-25-11-4-2-5-12-25)30(24)32(38)35-43(40,41)23-27-16-9-19-36(21-27)33(39)42-22-26-13-6-3-7-14-26/h2-8,11-14,17-18,27H,9-10,15-16,19-23H2,1H3,(H,35,38)/t27-/m1/s1. The third kappa shape index (κ3) is 7.58. The van der Waals surface area contributed by atoms with Crippen LogP contribution < -0.4 is 4.72 Å². The van der Waals surface area contributed by atoms with Crippen LogP contribution in [0.5, 0.6) is 0 Å². The van der Waals surface area contributed by atoms with E-state index in [9.17, 15) is 18.0 Å². The Morgan fingerprint density at radius 2 is 1.67 bits per heavy atom. The zero-order valence-corrected chi connectivity index (χ0v) is 25.7. The Balaban J connectivity index is 1.26. The summed E-state index contributed by atoms with van der Waals surface area (Å²) in [5, 5.41) is 1.32. The molecule has 1 aromatic heterocycles. The Morgan fingerprint density at radius 1 is 0.977 bits per heavy atom. The molecule has 0 bridgehead atoms. The van der Waals surface area contributed by atoms with Crippen LogP contribution >= 0.6 is 11.6 Å². The summed E-state index contributed by atoms with van der Waals surface area (Å²) in [5.74, 6) is -1.27. The lowest BCUT2D eigenvalue weighted by atomic mass is 10.0. The maximum atomic E-state index is 13.6. The molecule has 4 aromatic rings. The van der Waals surface area contributed by atoms with Crippen molar-refractivity contribution in [3.8, 4) is 0 Å². The minimum atomic E-state index is -4.00. The molecule has 1 N–H and O–H groups in total. The molecule has 1 saturated heterocycles. The number of sulfonamides is 1. The van der Waals surface area contributed by atoms with Crippen LogP contribution in [0.3, 0.4) is 0 Å². The molecule has 5 rings (SSSR count). The molecular formula is C33H36ClN3O5S. The molecule has 226 valence electrons. The van der Waals surface area contributed by atoms with Gasteiger partial charge >= 0.3 is 6.09 Å². The molecule has 0 unspecified atom stereocenters. The summed E-state index contributed by atoms with van der Waals surface area (Å²) in [4.78, 5) is 27.8. The number of benzene rings is 3. The van der Waals surface area contributed by atoms with Gasteiger partial charge in [0.2, 0.25) is 10.0 Å². The summed E-state index contributed by atoms with van der Waals surface area (Å²) >= 11 is 6.59. The number of carbonyl (C=O) groups is 2. The van der Waals surface area contributed by atoms with E-state index in [4.69, 9.17) is 16.3 Å². The maximum absolute atomic E-state index is 13.6. The van der Waals surface area contributed by atoms with Crippen molar-refractivity contribution >= 4 is 44.5 Å². The van der Waals surface area contributed by atoms with Gasteiger partial charge in [-0.15, -0.1) is 0 Å². The summed E-state index contributed by atoms with van der Waals surface area (Å²) in [5.41, 5.74) is 3.74. The van der Waals surface area contributed by atoms with Gasteiger partial charge in [-0.05, 0) is 61.3 Å². The number of fused-ring (bicyclic) bond motifs is 1. The third-order valence-corrected chi connectivity index (χ3v) is 9.59. The predicted molar refractivity (Wildman–Crippen MR) is 169 cm³/mol. The average Bonchev–Trinajstić information content (AvgIpc) is 3.29. The highest BCUT2D eigenvalue weighted by molar-refractivity contribution is 7.90. The molecule has 2 heterocycles. The van der Waals surface area contributed by atoms with Crippen molar-refractivity contribution < 1.29 is 22.7 Å². The van der Waals surface area contributed by atoms with E-state index in [2.05, 4.69) is 16.9 Å². The zero-order valence-electron chi connectivity index (χ0n) is 24.2. The van der Waals surface area contributed by atoms with Crippen LogP contribution in [-0.2, 0) is 34.3 Å². The van der Waals surface area contributed by atoms with Crippen LogP contribution in [-0.4, -0.2) is 48.7 Å². The smallest absolute Gasteiger partial charge is 0.410 e. The Morgan fingerprint density at radius 3 is 2.40 bits per heavy atom. The van der Waals surface area contributed by atoms with Crippen LogP contribution in [0.4, 0.5) is 4.79 Å². The van der Waals surface area contributed by atoms with Crippen LogP contribution in [0.25, 0.3) is 10.9 Å². The van der Waals surface area contributed by atoms with Gasteiger partial charge in [-0.25, -0.2) is 17.9 Å². The minimum absolute atomic E-state index is 0.151. The normalized spacial score (nSPS) is 15.4. The Kier molecular flexibility index (Phi) is 9.72. The molecule has 2 amide bonds. The van der Waals surface area contributed by atoms with E-state index >= 15 is 0 Å². The number of aryl methyl sites for hydroxylation is 3. The van der Waals surface area contributed by atoms with Crippen molar-refractivity contribution in [1.29, 1.82) is 0 Å². The number of ether oxygens (including phenoxy) is 1. The zero-order chi connectivity index (χ0) is 30.4. The summed E-state index contributed by atoms with van der Waals surface area (Å²) in [6, 6.07) is 24.9. The Bertz CT molecular complexity index is 1690. The van der Waals surface area contributed by atoms with Gasteiger partial charge in [0, 0.05) is 25.0 Å². The first-order valence-electron chi connectivity index (χ1n) is 14.5. The number of nitrogens with one attached hydrogen (secondary N) is 1. The molecule has 0 aliphatic carbocycles. The number of hydrogen-bond acceptors (Lipinski definition) is 5. The van der Waals surface area contributed by atoms with Gasteiger partial charge in [-0.3, -0.25) is 4.79 Å². The summed E-state index contributed by atoms with van der Waals surface area (Å²) in [6.45, 7) is 3.21. The number of likely N-dealkylation sites (tertiary alicyclic amines) is 1. The van der Waals surface area contributed by atoms with Crippen molar-refractivity contribution in [2.24, 2.45) is 5.92 Å². The molecule has 0 radical (unpaired) electrons. The van der Waals surface area contributed by atoms with Crippen molar-refractivity contribution in [2.45, 2.75) is 45.8 Å². The van der Waals surface area contributed by atoms with Crippen LogP contribution in [0.15, 0.2) is 78.9 Å². The monoisotopic (exact) mass is 621 g/mol. The highest BCUT2D eigenvalue weighted by Gasteiger charge is 2.31. The Hall–Kier alpha value is -3.82. The number of para-hydroxylation sites is 1. The van der Waals surface area contributed by atoms with Gasteiger partial charge in [0.15, 0.2) is 0 Å². The number of aromatic nitrogens is 1. The van der Waals surface area contributed by atoms with Crippen LogP contribution in [0.1, 0.15) is 46.4 Å². The molecule has 3 aromatic carbocycles. The molecule has 43 heavy (non-hydrogen) atoms. The first-order chi connectivity index (χ1) is 20.7. The number of nitrogens with zero attached hydrogens (tertiary/aromatic N) is 2. The van der Waals surface area contributed by atoms with E-state index in [1.54, 1.807) is 11.0 Å². The van der Waals surface area contributed by atoms with Gasteiger partial charge in [0.25, 0.3) is 5.91 Å². The second-order valence-electron chi connectivity index (χ2n) is 11.1. The van der Waals surface area contributed by atoms with Gasteiger partial charge in [0.1, 0.15) is 12.3 Å². The fourth-order valence-corrected chi connectivity index (χ4v) is 7.49. The molecule has 0 saturated carbocycles. The first kappa shape index (κ1) is 30.6. The molecule has 10 heteroatoms. The second-order valence-corrected chi connectivity index (χ2v) is 13.2.